The Morgan fingerprint density at radius 1 is 0.195 bits per heavy atom. The van der Waals surface area contributed by atoms with Gasteiger partial charge in [0.15, 0.2) is 0 Å². The maximum Gasteiger partial charge on any atom is 0.131 e. The fourth-order valence-electron chi connectivity index (χ4n) is 4.06. The highest BCUT2D eigenvalue weighted by Gasteiger charge is 2.07. The standard InChI is InChI=1S/C36H26O5/c1-3-11-27(12-4-1)37-29-15-7-17-31(23-29)39-33-19-9-21-35(25-33)41-36-22-10-20-34(26-36)40-32-18-8-16-30(24-32)38-28-13-5-2-6-14-28/h1-26H. The summed E-state index contributed by atoms with van der Waals surface area (Å²) >= 11 is 0. The van der Waals surface area contributed by atoms with Gasteiger partial charge in [0.2, 0.25) is 0 Å². The van der Waals surface area contributed by atoms with Crippen molar-refractivity contribution in [3.63, 3.8) is 0 Å². The Hall–Kier alpha value is -5.68. The summed E-state index contributed by atoms with van der Waals surface area (Å²) in [7, 11) is 0. The Balaban J connectivity index is 1.11. The summed E-state index contributed by atoms with van der Waals surface area (Å²) in [6, 6.07) is 49.2. The molecule has 0 radical (unpaired) electrons. The van der Waals surface area contributed by atoms with Gasteiger partial charge in [-0.2, -0.15) is 0 Å². The van der Waals surface area contributed by atoms with Crippen molar-refractivity contribution in [3.8, 4) is 57.5 Å². The molecule has 5 nitrogen and oxygen atoms in total. The molecule has 0 bridgehead atoms. The van der Waals surface area contributed by atoms with Crippen molar-refractivity contribution in [2.45, 2.75) is 0 Å². The minimum atomic E-state index is 0.634. The van der Waals surface area contributed by atoms with Crippen LogP contribution in [-0.4, -0.2) is 0 Å². The molecule has 6 aromatic carbocycles. The van der Waals surface area contributed by atoms with E-state index in [1.165, 1.54) is 0 Å². The highest BCUT2D eigenvalue weighted by atomic mass is 16.5. The Morgan fingerprint density at radius 2 is 0.390 bits per heavy atom. The molecule has 0 aliphatic heterocycles. The van der Waals surface area contributed by atoms with E-state index in [0.717, 1.165) is 11.5 Å². The van der Waals surface area contributed by atoms with Crippen molar-refractivity contribution < 1.29 is 23.7 Å². The zero-order valence-corrected chi connectivity index (χ0v) is 22.1. The monoisotopic (exact) mass is 538 g/mol. The molecule has 0 fully saturated rings. The largest absolute Gasteiger partial charge is 0.457 e. The fourth-order valence-corrected chi connectivity index (χ4v) is 4.06. The molecule has 0 aliphatic rings. The molecule has 6 aromatic rings. The molecule has 0 aromatic heterocycles. The first-order valence-electron chi connectivity index (χ1n) is 13.1. The third-order valence-corrected chi connectivity index (χ3v) is 5.89. The van der Waals surface area contributed by atoms with E-state index in [1.54, 1.807) is 0 Å². The van der Waals surface area contributed by atoms with Gasteiger partial charge in [-0.05, 0) is 72.8 Å². The minimum absolute atomic E-state index is 0.634. The fraction of sp³-hybridized carbons (Fsp3) is 0. The van der Waals surface area contributed by atoms with Gasteiger partial charge >= 0.3 is 0 Å². The maximum absolute atomic E-state index is 6.13. The maximum atomic E-state index is 6.13. The van der Waals surface area contributed by atoms with E-state index in [2.05, 4.69) is 0 Å². The summed E-state index contributed by atoms with van der Waals surface area (Å²) in [4.78, 5) is 0. The zero-order chi connectivity index (χ0) is 27.7. The molecule has 200 valence electrons. The van der Waals surface area contributed by atoms with Gasteiger partial charge in [-0.3, -0.25) is 0 Å². The van der Waals surface area contributed by atoms with Crippen LogP contribution in [0.1, 0.15) is 0 Å². The summed E-state index contributed by atoms with van der Waals surface area (Å²) in [5.74, 6) is 6.77. The van der Waals surface area contributed by atoms with Crippen LogP contribution in [0, 0.1) is 0 Å². The van der Waals surface area contributed by atoms with E-state index in [-0.39, 0.29) is 0 Å². The van der Waals surface area contributed by atoms with Crippen LogP contribution >= 0.6 is 0 Å². The summed E-state index contributed by atoms with van der Waals surface area (Å²) in [5, 5.41) is 0. The van der Waals surface area contributed by atoms with Crippen molar-refractivity contribution in [3.05, 3.63) is 158 Å². The SMILES string of the molecule is c1ccc(Oc2cccc(Oc3cccc(Oc4cccc(Oc5cccc(Oc6ccccc6)c5)c4)c3)c2)cc1. The first-order valence-corrected chi connectivity index (χ1v) is 13.1. The number of para-hydroxylation sites is 2. The third kappa shape index (κ3) is 7.25. The average molecular weight is 539 g/mol. The summed E-state index contributed by atoms with van der Waals surface area (Å²) in [5.41, 5.74) is 0. The topological polar surface area (TPSA) is 46.2 Å². The van der Waals surface area contributed by atoms with E-state index in [4.69, 9.17) is 23.7 Å². The number of hydrogen-bond donors (Lipinski definition) is 0. The van der Waals surface area contributed by atoms with Crippen LogP contribution in [0.15, 0.2) is 158 Å². The molecule has 0 N–H and O–H groups in total. The van der Waals surface area contributed by atoms with Gasteiger partial charge in [-0.1, -0.05) is 60.7 Å². The zero-order valence-electron chi connectivity index (χ0n) is 22.1. The summed E-state index contributed by atoms with van der Waals surface area (Å²) < 4.78 is 30.2. The molecule has 0 atom stereocenters. The Morgan fingerprint density at radius 3 is 0.634 bits per heavy atom. The average Bonchev–Trinajstić information content (AvgIpc) is 2.99. The van der Waals surface area contributed by atoms with Crippen molar-refractivity contribution in [2.24, 2.45) is 0 Å². The molecular formula is C36H26O5. The van der Waals surface area contributed by atoms with E-state index in [9.17, 15) is 0 Å². The second-order valence-electron chi connectivity index (χ2n) is 9.04. The van der Waals surface area contributed by atoms with Gasteiger partial charge in [0, 0.05) is 24.3 Å². The molecule has 0 spiro atoms. The van der Waals surface area contributed by atoms with E-state index < -0.39 is 0 Å². The molecule has 0 aliphatic carbocycles. The van der Waals surface area contributed by atoms with Crippen LogP contribution in [0.4, 0.5) is 0 Å². The lowest BCUT2D eigenvalue weighted by Gasteiger charge is -2.12. The first kappa shape index (κ1) is 25.6. The highest BCUT2D eigenvalue weighted by molar-refractivity contribution is 5.44. The van der Waals surface area contributed by atoms with E-state index in [1.807, 2.05) is 158 Å². The van der Waals surface area contributed by atoms with E-state index >= 15 is 0 Å². The van der Waals surface area contributed by atoms with Crippen LogP contribution in [0.25, 0.3) is 0 Å². The molecule has 6 rings (SSSR count). The molecule has 0 amide bonds. The lowest BCUT2D eigenvalue weighted by molar-refractivity contribution is 0.445. The normalized spacial score (nSPS) is 10.4. The molecule has 41 heavy (non-hydrogen) atoms. The van der Waals surface area contributed by atoms with Crippen molar-refractivity contribution in [2.75, 3.05) is 0 Å². The second kappa shape index (κ2) is 12.5. The van der Waals surface area contributed by atoms with Crippen LogP contribution in [0.2, 0.25) is 0 Å². The predicted molar refractivity (Wildman–Crippen MR) is 159 cm³/mol. The molecule has 0 heterocycles. The van der Waals surface area contributed by atoms with Crippen LogP contribution < -0.4 is 23.7 Å². The molecule has 0 saturated heterocycles. The first-order chi connectivity index (χ1) is 20.2. The highest BCUT2D eigenvalue weighted by Crippen LogP contribution is 2.34. The molecular weight excluding hydrogens is 512 g/mol. The third-order valence-electron chi connectivity index (χ3n) is 5.89. The van der Waals surface area contributed by atoms with Gasteiger partial charge in [0.1, 0.15) is 57.5 Å². The minimum Gasteiger partial charge on any atom is -0.457 e. The lowest BCUT2D eigenvalue weighted by Crippen LogP contribution is -1.90. The van der Waals surface area contributed by atoms with Crippen LogP contribution in [0.3, 0.4) is 0 Å². The Bertz CT molecular complexity index is 1590. The molecule has 0 unspecified atom stereocenters. The van der Waals surface area contributed by atoms with Gasteiger partial charge in [0.25, 0.3) is 0 Å². The quantitative estimate of drug-likeness (QED) is 0.174. The Labute approximate surface area is 238 Å². The lowest BCUT2D eigenvalue weighted by atomic mass is 10.3. The van der Waals surface area contributed by atoms with Gasteiger partial charge < -0.3 is 23.7 Å². The second-order valence-corrected chi connectivity index (χ2v) is 9.04. The number of ether oxygens (including phenoxy) is 5. The van der Waals surface area contributed by atoms with Crippen LogP contribution in [-0.2, 0) is 0 Å². The Kier molecular flexibility index (Phi) is 7.77. The molecule has 0 saturated carbocycles. The predicted octanol–water partition coefficient (Wildman–Crippen LogP) is 10.6. The van der Waals surface area contributed by atoms with Gasteiger partial charge in [-0.25, -0.2) is 0 Å². The molecule has 5 heteroatoms. The van der Waals surface area contributed by atoms with E-state index in [0.29, 0.717) is 46.0 Å². The summed E-state index contributed by atoms with van der Waals surface area (Å²) in [6.07, 6.45) is 0. The number of benzene rings is 6. The van der Waals surface area contributed by atoms with Crippen molar-refractivity contribution >= 4 is 0 Å². The van der Waals surface area contributed by atoms with Gasteiger partial charge in [-0.15, -0.1) is 0 Å². The number of hydrogen-bond acceptors (Lipinski definition) is 5. The smallest absolute Gasteiger partial charge is 0.131 e. The van der Waals surface area contributed by atoms with Crippen molar-refractivity contribution in [1.82, 2.24) is 0 Å². The van der Waals surface area contributed by atoms with Crippen molar-refractivity contribution in [1.29, 1.82) is 0 Å². The van der Waals surface area contributed by atoms with Crippen LogP contribution in [0.5, 0.6) is 57.5 Å². The number of rotatable bonds is 10. The summed E-state index contributed by atoms with van der Waals surface area (Å²) in [6.45, 7) is 0. The van der Waals surface area contributed by atoms with Gasteiger partial charge in [0.05, 0.1) is 0 Å².